The molecular formula is C9H14N2. The molecule has 1 saturated carbocycles. The van der Waals surface area contributed by atoms with E-state index in [0.29, 0.717) is 5.92 Å². The van der Waals surface area contributed by atoms with Gasteiger partial charge >= 0.3 is 0 Å². The summed E-state index contributed by atoms with van der Waals surface area (Å²) in [5, 5.41) is 12.0. The van der Waals surface area contributed by atoms with Crippen molar-refractivity contribution >= 4 is 0 Å². The van der Waals surface area contributed by atoms with Gasteiger partial charge in [-0.15, -0.1) is 0 Å². The minimum absolute atomic E-state index is 0.708. The Labute approximate surface area is 67.6 Å². The van der Waals surface area contributed by atoms with Crippen molar-refractivity contribution in [2.45, 2.75) is 19.3 Å². The maximum atomic E-state index is 8.58. The van der Waals surface area contributed by atoms with Gasteiger partial charge in [0.05, 0.1) is 6.07 Å². The molecular weight excluding hydrogens is 136 g/mol. The van der Waals surface area contributed by atoms with Crippen LogP contribution in [0.3, 0.4) is 0 Å². The normalized spacial score (nSPS) is 41.9. The summed E-state index contributed by atoms with van der Waals surface area (Å²) in [4.78, 5) is 0. The maximum absolute atomic E-state index is 8.58. The lowest BCUT2D eigenvalue weighted by Gasteiger charge is -2.13. The molecule has 0 radical (unpaired) electrons. The van der Waals surface area contributed by atoms with E-state index in [-0.39, 0.29) is 0 Å². The van der Waals surface area contributed by atoms with Crippen molar-refractivity contribution in [2.24, 2.45) is 17.8 Å². The first-order chi connectivity index (χ1) is 5.42. The first-order valence-electron chi connectivity index (χ1n) is 4.49. The summed E-state index contributed by atoms with van der Waals surface area (Å²) < 4.78 is 0. The fraction of sp³-hybridized carbons (Fsp3) is 0.889. The lowest BCUT2D eigenvalue weighted by Crippen LogP contribution is -2.15. The van der Waals surface area contributed by atoms with E-state index in [1.54, 1.807) is 0 Å². The van der Waals surface area contributed by atoms with Crippen LogP contribution in [0.5, 0.6) is 0 Å². The monoisotopic (exact) mass is 150 g/mol. The maximum Gasteiger partial charge on any atom is 0.0624 e. The summed E-state index contributed by atoms with van der Waals surface area (Å²) in [6.45, 7) is 2.36. The van der Waals surface area contributed by atoms with Gasteiger partial charge < -0.3 is 5.32 Å². The molecule has 0 aromatic rings. The van der Waals surface area contributed by atoms with Crippen LogP contribution in [0.25, 0.3) is 0 Å². The van der Waals surface area contributed by atoms with Crippen molar-refractivity contribution in [3.63, 3.8) is 0 Å². The predicted molar refractivity (Wildman–Crippen MR) is 42.8 cm³/mol. The number of nitrogens with one attached hydrogen (secondary N) is 1. The van der Waals surface area contributed by atoms with Crippen LogP contribution in [0.1, 0.15) is 19.3 Å². The van der Waals surface area contributed by atoms with Gasteiger partial charge in [0.1, 0.15) is 0 Å². The number of fused-ring (bicyclic) bond motifs is 1. The molecule has 0 aromatic carbocycles. The highest BCUT2D eigenvalue weighted by atomic mass is 14.9. The highest BCUT2D eigenvalue weighted by Crippen LogP contribution is 2.40. The summed E-state index contributed by atoms with van der Waals surface area (Å²) in [6, 6.07) is 2.29. The van der Waals surface area contributed by atoms with Gasteiger partial charge in [0.2, 0.25) is 0 Å². The van der Waals surface area contributed by atoms with E-state index in [9.17, 15) is 0 Å². The van der Waals surface area contributed by atoms with Gasteiger partial charge in [0.25, 0.3) is 0 Å². The van der Waals surface area contributed by atoms with Gasteiger partial charge in [-0.25, -0.2) is 0 Å². The smallest absolute Gasteiger partial charge is 0.0624 e. The van der Waals surface area contributed by atoms with Gasteiger partial charge in [-0.1, -0.05) is 0 Å². The molecule has 2 nitrogen and oxygen atoms in total. The van der Waals surface area contributed by atoms with Crippen LogP contribution < -0.4 is 5.32 Å². The molecule has 1 heterocycles. The zero-order chi connectivity index (χ0) is 7.68. The van der Waals surface area contributed by atoms with Gasteiger partial charge in [-0.3, -0.25) is 0 Å². The molecule has 0 amide bonds. The molecule has 1 N–H and O–H groups in total. The molecule has 1 aliphatic heterocycles. The van der Waals surface area contributed by atoms with Crippen LogP contribution in [0.4, 0.5) is 0 Å². The molecule has 0 spiro atoms. The van der Waals surface area contributed by atoms with Crippen molar-refractivity contribution in [2.75, 3.05) is 13.1 Å². The third kappa shape index (κ3) is 1.14. The van der Waals surface area contributed by atoms with E-state index < -0.39 is 0 Å². The summed E-state index contributed by atoms with van der Waals surface area (Å²) in [5.74, 6) is 2.43. The largest absolute Gasteiger partial charge is 0.316 e. The molecule has 2 fully saturated rings. The molecule has 0 aromatic heterocycles. The topological polar surface area (TPSA) is 35.8 Å². The van der Waals surface area contributed by atoms with Crippen molar-refractivity contribution in [1.82, 2.24) is 5.32 Å². The predicted octanol–water partition coefficient (Wildman–Crippen LogP) is 1.15. The summed E-state index contributed by atoms with van der Waals surface area (Å²) in [5.41, 5.74) is 0. The fourth-order valence-corrected chi connectivity index (χ4v) is 2.63. The minimum atomic E-state index is 0.708. The van der Waals surface area contributed by atoms with Crippen LogP contribution in [0.15, 0.2) is 0 Å². The van der Waals surface area contributed by atoms with Crippen LogP contribution >= 0.6 is 0 Å². The molecule has 1 saturated heterocycles. The molecule has 60 valence electrons. The number of nitrogens with zero attached hydrogens (tertiary/aromatic N) is 1. The van der Waals surface area contributed by atoms with Gasteiger partial charge in [0.15, 0.2) is 0 Å². The second-order valence-electron chi connectivity index (χ2n) is 3.78. The molecule has 2 heteroatoms. The first kappa shape index (κ1) is 7.12. The third-order valence-corrected chi connectivity index (χ3v) is 3.26. The lowest BCUT2D eigenvalue weighted by atomic mass is 9.91. The molecule has 2 rings (SSSR count). The second-order valence-corrected chi connectivity index (χ2v) is 3.78. The summed E-state index contributed by atoms with van der Waals surface area (Å²) in [6.07, 6.45) is 3.43. The van der Waals surface area contributed by atoms with Crippen molar-refractivity contribution in [3.8, 4) is 6.07 Å². The van der Waals surface area contributed by atoms with Crippen LogP contribution in [0, 0.1) is 29.1 Å². The first-order valence-corrected chi connectivity index (χ1v) is 4.49. The van der Waals surface area contributed by atoms with Crippen molar-refractivity contribution in [1.29, 1.82) is 5.26 Å². The number of hydrogen-bond acceptors (Lipinski definition) is 2. The molecule has 3 atom stereocenters. The van der Waals surface area contributed by atoms with E-state index in [1.165, 1.54) is 19.4 Å². The second kappa shape index (κ2) is 2.83. The highest BCUT2D eigenvalue weighted by Gasteiger charge is 2.38. The molecule has 2 aliphatic rings. The molecule has 11 heavy (non-hydrogen) atoms. The highest BCUT2D eigenvalue weighted by molar-refractivity contribution is 4.94. The Balaban J connectivity index is 1.98. The van der Waals surface area contributed by atoms with Crippen LogP contribution in [-0.2, 0) is 0 Å². The number of nitriles is 1. The van der Waals surface area contributed by atoms with Crippen molar-refractivity contribution in [3.05, 3.63) is 0 Å². The Morgan fingerprint density at radius 3 is 3.09 bits per heavy atom. The molecule has 3 unspecified atom stereocenters. The Morgan fingerprint density at radius 1 is 1.36 bits per heavy atom. The average molecular weight is 150 g/mol. The van der Waals surface area contributed by atoms with E-state index in [0.717, 1.165) is 24.8 Å². The lowest BCUT2D eigenvalue weighted by molar-refractivity contribution is 0.382. The Kier molecular flexibility index (Phi) is 1.83. The Morgan fingerprint density at radius 2 is 2.27 bits per heavy atom. The zero-order valence-electron chi connectivity index (χ0n) is 6.71. The summed E-state index contributed by atoms with van der Waals surface area (Å²) in [7, 11) is 0. The van der Waals surface area contributed by atoms with E-state index in [1.807, 2.05) is 0 Å². The minimum Gasteiger partial charge on any atom is -0.316 e. The summed E-state index contributed by atoms with van der Waals surface area (Å²) >= 11 is 0. The zero-order valence-corrected chi connectivity index (χ0v) is 6.71. The van der Waals surface area contributed by atoms with E-state index in [2.05, 4.69) is 11.4 Å². The van der Waals surface area contributed by atoms with E-state index in [4.69, 9.17) is 5.26 Å². The van der Waals surface area contributed by atoms with Crippen LogP contribution in [-0.4, -0.2) is 13.1 Å². The number of rotatable bonds is 1. The Hall–Kier alpha value is -0.550. The SMILES string of the molecule is N#CCC1CCC2CNCC12. The Bertz CT molecular complexity index is 182. The fourth-order valence-electron chi connectivity index (χ4n) is 2.63. The third-order valence-electron chi connectivity index (χ3n) is 3.26. The van der Waals surface area contributed by atoms with Crippen molar-refractivity contribution < 1.29 is 0 Å². The average Bonchev–Trinajstić information content (AvgIpc) is 2.53. The number of hydrogen-bond donors (Lipinski definition) is 1. The van der Waals surface area contributed by atoms with Gasteiger partial charge in [0, 0.05) is 6.42 Å². The van der Waals surface area contributed by atoms with Crippen LogP contribution in [0.2, 0.25) is 0 Å². The standard InChI is InChI=1S/C9H14N2/c10-4-3-7-1-2-8-5-11-6-9(7)8/h7-9,11H,1-3,5-6H2. The quantitative estimate of drug-likeness (QED) is 0.608. The molecule has 0 bridgehead atoms. The van der Waals surface area contributed by atoms with Gasteiger partial charge in [-0.2, -0.15) is 5.26 Å². The molecule has 1 aliphatic carbocycles. The van der Waals surface area contributed by atoms with E-state index >= 15 is 0 Å². The van der Waals surface area contributed by atoms with Gasteiger partial charge in [-0.05, 0) is 43.7 Å².